The summed E-state index contributed by atoms with van der Waals surface area (Å²) < 4.78 is 12.2. The van der Waals surface area contributed by atoms with E-state index in [-0.39, 0.29) is 6.67 Å². The van der Waals surface area contributed by atoms with Crippen LogP contribution in [0.5, 0.6) is 0 Å². The van der Waals surface area contributed by atoms with Gasteiger partial charge >= 0.3 is 0 Å². The van der Waals surface area contributed by atoms with E-state index < -0.39 is 0 Å². The summed E-state index contributed by atoms with van der Waals surface area (Å²) in [4.78, 5) is 0. The van der Waals surface area contributed by atoms with Gasteiger partial charge < -0.3 is 0 Å². The molecule has 0 aromatic rings. The lowest BCUT2D eigenvalue weighted by Gasteiger charge is -2.29. The largest absolute Gasteiger partial charge is 0.247 e. The van der Waals surface area contributed by atoms with Gasteiger partial charge in [-0.15, -0.1) is 0 Å². The molecule has 1 fully saturated rings. The smallest absolute Gasteiger partial charge is 0.108 e. The number of alkyl halides is 1. The highest BCUT2D eigenvalue weighted by Crippen LogP contribution is 2.36. The van der Waals surface area contributed by atoms with Crippen LogP contribution in [0.2, 0.25) is 0 Å². The van der Waals surface area contributed by atoms with Gasteiger partial charge in [0, 0.05) is 0 Å². The fourth-order valence-corrected chi connectivity index (χ4v) is 3.46. The number of hydrogen-bond donors (Lipinski definition) is 1. The summed E-state index contributed by atoms with van der Waals surface area (Å²) in [7, 11) is 0. The second kappa shape index (κ2) is 14.4. The summed E-state index contributed by atoms with van der Waals surface area (Å²) >= 11 is 4.35. The van der Waals surface area contributed by atoms with Gasteiger partial charge in [-0.2, -0.15) is 12.6 Å². The minimum absolute atomic E-state index is 0.351. The van der Waals surface area contributed by atoms with Crippen LogP contribution in [0.25, 0.3) is 0 Å². The molecule has 1 saturated carbocycles. The van der Waals surface area contributed by atoms with E-state index in [1.165, 1.54) is 50.5 Å². The molecule has 0 nitrogen and oxygen atoms in total. The van der Waals surface area contributed by atoms with Crippen molar-refractivity contribution in [3.63, 3.8) is 0 Å². The van der Waals surface area contributed by atoms with Crippen molar-refractivity contribution in [3.8, 4) is 0 Å². The Morgan fingerprint density at radius 1 is 1.23 bits per heavy atom. The van der Waals surface area contributed by atoms with E-state index in [9.17, 15) is 4.39 Å². The van der Waals surface area contributed by atoms with Crippen molar-refractivity contribution < 1.29 is 4.39 Å². The summed E-state index contributed by atoms with van der Waals surface area (Å²) in [5.41, 5.74) is 1.34. The standard InChI is InChI=1S/C18H31FS.C2H6/c1-3-17(8-5-13-19)18-11-9-16(10-12-18)7-4-6-15(2)14-20;1-2/h3,5,8,15-16,18,20H,4,6-7,9-14H2,1-2H3;1-2H3/b8-5-,17-3+;. The lowest BCUT2D eigenvalue weighted by molar-refractivity contribution is 0.280. The van der Waals surface area contributed by atoms with Gasteiger partial charge in [0.1, 0.15) is 6.67 Å². The molecule has 0 aromatic carbocycles. The van der Waals surface area contributed by atoms with Crippen LogP contribution in [0.3, 0.4) is 0 Å². The summed E-state index contributed by atoms with van der Waals surface area (Å²) in [5, 5.41) is 0. The van der Waals surface area contributed by atoms with Gasteiger partial charge in [0.2, 0.25) is 0 Å². The van der Waals surface area contributed by atoms with Crippen LogP contribution in [0, 0.1) is 17.8 Å². The Bertz CT molecular complexity index is 301. The minimum Gasteiger partial charge on any atom is -0.247 e. The summed E-state index contributed by atoms with van der Waals surface area (Å²) in [6, 6.07) is 0. The summed E-state index contributed by atoms with van der Waals surface area (Å²) in [6.07, 6.45) is 15.1. The fraction of sp³-hybridized carbons (Fsp3) is 0.800. The van der Waals surface area contributed by atoms with Crippen LogP contribution in [-0.2, 0) is 0 Å². The Morgan fingerprint density at radius 3 is 2.36 bits per heavy atom. The average Bonchev–Trinajstić information content (AvgIpc) is 2.58. The highest BCUT2D eigenvalue weighted by atomic mass is 32.1. The van der Waals surface area contributed by atoms with Crippen LogP contribution >= 0.6 is 12.6 Å². The van der Waals surface area contributed by atoms with Crippen molar-refractivity contribution in [2.45, 2.75) is 72.6 Å². The van der Waals surface area contributed by atoms with E-state index in [2.05, 4.69) is 32.6 Å². The van der Waals surface area contributed by atoms with Crippen molar-refractivity contribution in [1.82, 2.24) is 0 Å². The van der Waals surface area contributed by atoms with Crippen molar-refractivity contribution >= 4 is 12.6 Å². The Kier molecular flexibility index (Phi) is 14.2. The number of thiol groups is 1. The summed E-state index contributed by atoms with van der Waals surface area (Å²) in [5.74, 6) is 3.35. The molecule has 0 N–H and O–H groups in total. The molecule has 0 radical (unpaired) electrons. The van der Waals surface area contributed by atoms with Gasteiger partial charge in [-0.1, -0.05) is 51.8 Å². The zero-order valence-corrected chi connectivity index (χ0v) is 16.0. The van der Waals surface area contributed by atoms with Gasteiger partial charge in [-0.05, 0) is 68.1 Å². The predicted molar refractivity (Wildman–Crippen MR) is 103 cm³/mol. The van der Waals surface area contributed by atoms with Crippen LogP contribution in [0.1, 0.15) is 72.6 Å². The number of hydrogen-bond acceptors (Lipinski definition) is 1. The molecule has 22 heavy (non-hydrogen) atoms. The molecule has 0 aromatic heterocycles. The van der Waals surface area contributed by atoms with Crippen LogP contribution in [0.15, 0.2) is 23.8 Å². The number of rotatable bonds is 8. The molecule has 0 heterocycles. The lowest BCUT2D eigenvalue weighted by atomic mass is 9.76. The van der Waals surface area contributed by atoms with E-state index in [1.807, 2.05) is 19.9 Å². The van der Waals surface area contributed by atoms with Crippen molar-refractivity contribution in [3.05, 3.63) is 23.8 Å². The van der Waals surface area contributed by atoms with E-state index in [0.29, 0.717) is 5.92 Å². The molecule has 0 bridgehead atoms. The highest BCUT2D eigenvalue weighted by Gasteiger charge is 2.22. The second-order valence-electron chi connectivity index (χ2n) is 6.28. The van der Waals surface area contributed by atoms with Gasteiger partial charge in [-0.25, -0.2) is 4.39 Å². The molecule has 1 aliphatic rings. The maximum Gasteiger partial charge on any atom is 0.108 e. The molecule has 0 spiro atoms. The Balaban J connectivity index is 0.00000211. The maximum atomic E-state index is 12.2. The van der Waals surface area contributed by atoms with E-state index in [1.54, 1.807) is 6.08 Å². The first kappa shape index (κ1) is 21.8. The van der Waals surface area contributed by atoms with E-state index in [0.717, 1.165) is 17.6 Å². The molecule has 0 saturated heterocycles. The first-order chi connectivity index (χ1) is 10.7. The van der Waals surface area contributed by atoms with Gasteiger partial charge in [0.25, 0.3) is 0 Å². The quantitative estimate of drug-likeness (QED) is 0.359. The highest BCUT2D eigenvalue weighted by molar-refractivity contribution is 7.80. The van der Waals surface area contributed by atoms with E-state index >= 15 is 0 Å². The third-order valence-electron chi connectivity index (χ3n) is 4.67. The molecule has 1 atom stereocenters. The van der Waals surface area contributed by atoms with Crippen molar-refractivity contribution in [2.24, 2.45) is 17.8 Å². The zero-order valence-electron chi connectivity index (χ0n) is 15.2. The van der Waals surface area contributed by atoms with Crippen LogP contribution < -0.4 is 0 Å². The zero-order chi connectivity index (χ0) is 16.8. The van der Waals surface area contributed by atoms with Crippen molar-refractivity contribution in [1.29, 1.82) is 0 Å². The van der Waals surface area contributed by atoms with Gasteiger partial charge in [0.15, 0.2) is 0 Å². The molecule has 0 amide bonds. The molecule has 130 valence electrons. The van der Waals surface area contributed by atoms with Crippen molar-refractivity contribution in [2.75, 3.05) is 12.4 Å². The predicted octanol–water partition coefficient (Wildman–Crippen LogP) is 7.03. The molecule has 0 aliphatic heterocycles. The molecule has 1 aliphatic carbocycles. The van der Waals surface area contributed by atoms with Crippen LogP contribution in [0.4, 0.5) is 4.39 Å². The van der Waals surface area contributed by atoms with Crippen LogP contribution in [-0.4, -0.2) is 12.4 Å². The molecular formula is C20H37FS. The normalized spacial score (nSPS) is 24.0. The molecule has 1 rings (SSSR count). The van der Waals surface area contributed by atoms with Gasteiger partial charge in [0.05, 0.1) is 0 Å². The third kappa shape index (κ3) is 9.02. The SMILES string of the molecule is C/C=C(\C=C/CF)C1CCC(CCCC(C)CS)CC1.CC. The Labute approximate surface area is 144 Å². The first-order valence-corrected chi connectivity index (χ1v) is 9.84. The average molecular weight is 329 g/mol. The molecule has 1 unspecified atom stereocenters. The summed E-state index contributed by atoms with van der Waals surface area (Å²) in [6.45, 7) is 8.01. The third-order valence-corrected chi connectivity index (χ3v) is 5.30. The number of halogens is 1. The molecular weight excluding hydrogens is 291 g/mol. The Hall–Kier alpha value is -0.240. The Morgan fingerprint density at radius 2 is 1.86 bits per heavy atom. The number of allylic oxidation sites excluding steroid dienone is 4. The maximum absolute atomic E-state index is 12.2. The second-order valence-corrected chi connectivity index (χ2v) is 6.65. The fourth-order valence-electron chi connectivity index (χ4n) is 3.28. The topological polar surface area (TPSA) is 0 Å². The minimum atomic E-state index is -0.351. The van der Waals surface area contributed by atoms with E-state index in [4.69, 9.17) is 0 Å². The monoisotopic (exact) mass is 328 g/mol. The lowest BCUT2D eigenvalue weighted by Crippen LogP contribution is -2.16. The molecule has 2 heteroatoms. The first-order valence-electron chi connectivity index (χ1n) is 9.20. The van der Waals surface area contributed by atoms with Gasteiger partial charge in [-0.3, -0.25) is 0 Å².